The first-order chi connectivity index (χ1) is 13.0. The van der Waals surface area contributed by atoms with E-state index in [9.17, 15) is 14.0 Å². The van der Waals surface area contributed by atoms with E-state index in [2.05, 4.69) is 5.32 Å². The molecular weight excluding hydrogens is 351 g/mol. The standard InChI is InChI=1S/C20H19FN2O4/c1-12-2-4-16(15(21)8-12)23-11-13(9-19(23)24)20(25)22-14-3-5-17-18(10-14)27-7-6-26-17/h2-5,8,10,13H,6-7,9,11H2,1H3,(H,22,25). The van der Waals surface area contributed by atoms with Crippen LogP contribution in [0, 0.1) is 18.7 Å². The molecule has 2 amide bonds. The van der Waals surface area contributed by atoms with Gasteiger partial charge in [0.15, 0.2) is 11.5 Å². The summed E-state index contributed by atoms with van der Waals surface area (Å²) in [4.78, 5) is 26.2. The van der Waals surface area contributed by atoms with Crippen LogP contribution in [0.5, 0.6) is 11.5 Å². The van der Waals surface area contributed by atoms with Crippen molar-refractivity contribution < 1.29 is 23.5 Å². The molecule has 1 fully saturated rings. The van der Waals surface area contributed by atoms with Gasteiger partial charge < -0.3 is 19.7 Å². The lowest BCUT2D eigenvalue weighted by Gasteiger charge is -2.20. The van der Waals surface area contributed by atoms with Gasteiger partial charge in [-0.05, 0) is 36.8 Å². The maximum absolute atomic E-state index is 14.2. The van der Waals surface area contributed by atoms with Crippen molar-refractivity contribution in [2.45, 2.75) is 13.3 Å². The summed E-state index contributed by atoms with van der Waals surface area (Å²) in [6, 6.07) is 9.85. The fraction of sp³-hybridized carbons (Fsp3) is 0.300. The maximum Gasteiger partial charge on any atom is 0.229 e. The number of ether oxygens (including phenoxy) is 2. The first kappa shape index (κ1) is 17.3. The van der Waals surface area contributed by atoms with Gasteiger partial charge >= 0.3 is 0 Å². The molecule has 7 heteroatoms. The van der Waals surface area contributed by atoms with Gasteiger partial charge in [-0.2, -0.15) is 0 Å². The molecule has 27 heavy (non-hydrogen) atoms. The Kier molecular flexibility index (Phi) is 4.43. The van der Waals surface area contributed by atoms with Crippen LogP contribution in [-0.4, -0.2) is 31.6 Å². The number of aryl methyl sites for hydroxylation is 1. The van der Waals surface area contributed by atoms with Gasteiger partial charge in [0.1, 0.15) is 19.0 Å². The molecule has 1 N–H and O–H groups in total. The number of anilines is 2. The highest BCUT2D eigenvalue weighted by Gasteiger charge is 2.36. The van der Waals surface area contributed by atoms with Crippen LogP contribution in [-0.2, 0) is 9.59 Å². The third kappa shape index (κ3) is 3.45. The molecule has 0 aliphatic carbocycles. The predicted molar refractivity (Wildman–Crippen MR) is 97.7 cm³/mol. The lowest BCUT2D eigenvalue weighted by atomic mass is 10.1. The summed E-state index contributed by atoms with van der Waals surface area (Å²) in [5.41, 5.74) is 1.55. The number of amides is 2. The molecule has 0 radical (unpaired) electrons. The molecule has 0 spiro atoms. The molecular formula is C20H19FN2O4. The Balaban J connectivity index is 1.46. The monoisotopic (exact) mass is 370 g/mol. The van der Waals surface area contributed by atoms with E-state index in [1.165, 1.54) is 11.0 Å². The zero-order chi connectivity index (χ0) is 19.0. The number of hydrogen-bond donors (Lipinski definition) is 1. The number of nitrogens with zero attached hydrogens (tertiary/aromatic N) is 1. The van der Waals surface area contributed by atoms with Gasteiger partial charge in [-0.15, -0.1) is 0 Å². The quantitative estimate of drug-likeness (QED) is 0.902. The van der Waals surface area contributed by atoms with Crippen molar-refractivity contribution in [2.24, 2.45) is 5.92 Å². The highest BCUT2D eigenvalue weighted by Crippen LogP contribution is 2.33. The highest BCUT2D eigenvalue weighted by molar-refractivity contribution is 6.03. The molecule has 6 nitrogen and oxygen atoms in total. The van der Waals surface area contributed by atoms with E-state index in [4.69, 9.17) is 9.47 Å². The SMILES string of the molecule is Cc1ccc(N2CC(C(=O)Nc3ccc4c(c3)OCCO4)CC2=O)c(F)c1. The van der Waals surface area contributed by atoms with Gasteiger partial charge in [0.25, 0.3) is 0 Å². The fourth-order valence-corrected chi connectivity index (χ4v) is 3.31. The molecule has 0 bridgehead atoms. The summed E-state index contributed by atoms with van der Waals surface area (Å²) in [5.74, 6) is -0.348. The zero-order valence-electron chi connectivity index (χ0n) is 14.8. The van der Waals surface area contributed by atoms with Crippen LogP contribution in [0.4, 0.5) is 15.8 Å². The number of rotatable bonds is 3. The van der Waals surface area contributed by atoms with Crippen LogP contribution in [0.3, 0.4) is 0 Å². The first-order valence-electron chi connectivity index (χ1n) is 8.78. The van der Waals surface area contributed by atoms with Gasteiger partial charge in [0.05, 0.1) is 11.6 Å². The molecule has 0 aromatic heterocycles. The molecule has 2 heterocycles. The maximum atomic E-state index is 14.2. The molecule has 140 valence electrons. The lowest BCUT2D eigenvalue weighted by Crippen LogP contribution is -2.28. The number of carbonyl (C=O) groups is 2. The van der Waals surface area contributed by atoms with Gasteiger partial charge in [-0.1, -0.05) is 6.07 Å². The second kappa shape index (κ2) is 6.90. The Hall–Kier alpha value is -3.09. The predicted octanol–water partition coefficient (Wildman–Crippen LogP) is 2.90. The molecule has 1 atom stereocenters. The topological polar surface area (TPSA) is 67.9 Å². The van der Waals surface area contributed by atoms with E-state index in [1.807, 2.05) is 0 Å². The minimum Gasteiger partial charge on any atom is -0.486 e. The third-order valence-corrected chi connectivity index (χ3v) is 4.70. The lowest BCUT2D eigenvalue weighted by molar-refractivity contribution is -0.122. The van der Waals surface area contributed by atoms with E-state index in [0.29, 0.717) is 30.4 Å². The summed E-state index contributed by atoms with van der Waals surface area (Å²) in [6.07, 6.45) is 0.0453. The number of carbonyl (C=O) groups excluding carboxylic acids is 2. The van der Waals surface area contributed by atoms with Crippen molar-refractivity contribution >= 4 is 23.2 Å². The molecule has 0 saturated carbocycles. The van der Waals surface area contributed by atoms with Crippen LogP contribution < -0.4 is 19.7 Å². The van der Waals surface area contributed by atoms with Crippen LogP contribution in [0.2, 0.25) is 0 Å². The number of nitrogens with one attached hydrogen (secondary N) is 1. The molecule has 1 unspecified atom stereocenters. The molecule has 4 rings (SSSR count). The smallest absolute Gasteiger partial charge is 0.229 e. The molecule has 2 aliphatic heterocycles. The van der Waals surface area contributed by atoms with E-state index in [1.54, 1.807) is 37.3 Å². The largest absolute Gasteiger partial charge is 0.486 e. The Labute approximate surface area is 155 Å². The Morgan fingerprint density at radius 2 is 1.93 bits per heavy atom. The van der Waals surface area contributed by atoms with Crippen LogP contribution in [0.1, 0.15) is 12.0 Å². The first-order valence-corrected chi connectivity index (χ1v) is 8.78. The summed E-state index contributed by atoms with van der Waals surface area (Å²) >= 11 is 0. The van der Waals surface area contributed by atoms with Crippen LogP contribution >= 0.6 is 0 Å². The number of halogens is 1. The van der Waals surface area contributed by atoms with E-state index in [-0.39, 0.29) is 30.5 Å². The summed E-state index contributed by atoms with van der Waals surface area (Å²) in [5, 5.41) is 2.80. The average Bonchev–Trinajstić information content (AvgIpc) is 3.03. The van der Waals surface area contributed by atoms with E-state index >= 15 is 0 Å². The van der Waals surface area contributed by atoms with Crippen molar-refractivity contribution in [3.63, 3.8) is 0 Å². The second-order valence-corrected chi connectivity index (χ2v) is 6.71. The van der Waals surface area contributed by atoms with Crippen molar-refractivity contribution in [2.75, 3.05) is 30.0 Å². The van der Waals surface area contributed by atoms with Crippen molar-refractivity contribution in [1.29, 1.82) is 0 Å². The van der Waals surface area contributed by atoms with Gasteiger partial charge in [0.2, 0.25) is 11.8 Å². The van der Waals surface area contributed by atoms with Crippen molar-refractivity contribution in [3.05, 3.63) is 47.8 Å². The summed E-state index contributed by atoms with van der Waals surface area (Å²) in [6.45, 7) is 2.88. The Bertz CT molecular complexity index is 915. The second-order valence-electron chi connectivity index (χ2n) is 6.71. The van der Waals surface area contributed by atoms with Gasteiger partial charge in [0, 0.05) is 24.7 Å². The van der Waals surface area contributed by atoms with Gasteiger partial charge in [-0.3, -0.25) is 9.59 Å². The average molecular weight is 370 g/mol. The molecule has 1 saturated heterocycles. The summed E-state index contributed by atoms with van der Waals surface area (Å²) in [7, 11) is 0. The minimum atomic E-state index is -0.550. The van der Waals surface area contributed by atoms with Gasteiger partial charge in [-0.25, -0.2) is 4.39 Å². The molecule has 2 aromatic carbocycles. The number of fused-ring (bicyclic) bond motifs is 1. The Morgan fingerprint density at radius 3 is 2.70 bits per heavy atom. The zero-order valence-corrected chi connectivity index (χ0v) is 14.8. The van der Waals surface area contributed by atoms with E-state index in [0.717, 1.165) is 5.56 Å². The van der Waals surface area contributed by atoms with Crippen LogP contribution in [0.25, 0.3) is 0 Å². The minimum absolute atomic E-state index is 0.0453. The molecule has 2 aliphatic rings. The van der Waals surface area contributed by atoms with E-state index < -0.39 is 11.7 Å². The Morgan fingerprint density at radius 1 is 1.15 bits per heavy atom. The highest BCUT2D eigenvalue weighted by atomic mass is 19.1. The molecule has 2 aromatic rings. The third-order valence-electron chi connectivity index (χ3n) is 4.70. The summed E-state index contributed by atoms with van der Waals surface area (Å²) < 4.78 is 25.2. The van der Waals surface area contributed by atoms with Crippen molar-refractivity contribution in [1.82, 2.24) is 0 Å². The normalized spacial score (nSPS) is 18.5. The fourth-order valence-electron chi connectivity index (χ4n) is 3.31. The van der Waals surface area contributed by atoms with Crippen molar-refractivity contribution in [3.8, 4) is 11.5 Å². The number of hydrogen-bond acceptors (Lipinski definition) is 4. The van der Waals surface area contributed by atoms with Crippen LogP contribution in [0.15, 0.2) is 36.4 Å². The number of benzene rings is 2.